The van der Waals surface area contributed by atoms with Crippen molar-refractivity contribution in [3.63, 3.8) is 0 Å². The van der Waals surface area contributed by atoms with Crippen molar-refractivity contribution in [3.8, 4) is 11.3 Å². The predicted octanol–water partition coefficient (Wildman–Crippen LogP) is 4.96. The zero-order valence-electron chi connectivity index (χ0n) is 21.8. The second-order valence-corrected chi connectivity index (χ2v) is 10.4. The number of hydrogen-bond donors (Lipinski definition) is 2. The van der Waals surface area contributed by atoms with Crippen LogP contribution < -0.4 is 16.2 Å². The molecule has 0 aliphatic carbocycles. The number of rotatable bonds is 7. The van der Waals surface area contributed by atoms with Gasteiger partial charge in [-0.2, -0.15) is 10.2 Å². The fourth-order valence-corrected chi connectivity index (χ4v) is 5.14. The summed E-state index contributed by atoms with van der Waals surface area (Å²) in [6, 6.07) is 17.5. The molecule has 0 radical (unpaired) electrons. The number of hydrogen-bond acceptors (Lipinski definition) is 8. The van der Waals surface area contributed by atoms with E-state index in [1.807, 2.05) is 49.3 Å². The van der Waals surface area contributed by atoms with Crippen molar-refractivity contribution in [2.75, 3.05) is 24.7 Å². The molecule has 1 amide bonds. The number of nitrogens with one attached hydrogen (secondary N) is 2. The van der Waals surface area contributed by atoms with Crippen LogP contribution in [0.25, 0.3) is 21.3 Å². The fourth-order valence-electron chi connectivity index (χ4n) is 4.18. The molecule has 5 rings (SSSR count). The number of benzene rings is 2. The summed E-state index contributed by atoms with van der Waals surface area (Å²) in [5.41, 5.74) is 2.19. The summed E-state index contributed by atoms with van der Waals surface area (Å²) in [5, 5.41) is 19.4. The molecule has 0 saturated heterocycles. The van der Waals surface area contributed by atoms with E-state index in [9.17, 15) is 14.0 Å². The maximum atomic E-state index is 14.9. The number of carbonyl (C=O) groups excluding carboxylic acids is 1. The number of anilines is 3. The van der Waals surface area contributed by atoms with Crippen LogP contribution >= 0.6 is 11.3 Å². The molecule has 9 nitrogen and oxygen atoms in total. The molecule has 5 aromatic rings. The largest absolute Gasteiger partial charge is 0.334 e. The van der Waals surface area contributed by atoms with E-state index in [-0.39, 0.29) is 16.9 Å². The van der Waals surface area contributed by atoms with Crippen molar-refractivity contribution in [2.24, 2.45) is 7.05 Å². The van der Waals surface area contributed by atoms with Crippen LogP contribution in [0.1, 0.15) is 20.9 Å². The van der Waals surface area contributed by atoms with Gasteiger partial charge >= 0.3 is 0 Å². The Morgan fingerprint density at radius 1 is 1.08 bits per heavy atom. The minimum absolute atomic E-state index is 0.0578. The topological polar surface area (TPSA) is 105 Å². The summed E-state index contributed by atoms with van der Waals surface area (Å²) < 4.78 is 17.1. The fraction of sp³-hybridized carbons (Fsp3) is 0.179. The Kier molecular flexibility index (Phi) is 7.18. The lowest BCUT2D eigenvalue weighted by Crippen LogP contribution is -2.23. The van der Waals surface area contributed by atoms with Gasteiger partial charge in [-0.15, -0.1) is 16.4 Å². The van der Waals surface area contributed by atoms with Crippen molar-refractivity contribution < 1.29 is 9.18 Å². The first-order valence-electron chi connectivity index (χ1n) is 12.1. The van der Waals surface area contributed by atoms with Crippen LogP contribution in [0.15, 0.2) is 65.5 Å². The van der Waals surface area contributed by atoms with Crippen LogP contribution in [0.2, 0.25) is 0 Å². The predicted molar refractivity (Wildman–Crippen MR) is 152 cm³/mol. The molecule has 0 bridgehead atoms. The number of amides is 1. The molecular weight excluding hydrogens is 517 g/mol. The standard InChI is InChI=1S/C28H26FN7O2S/c1-16-19(10-11-20(29)26(16)31-27(37)24-13-17-7-5-6-8-23(17)39-24)21-14-22(28(38)36(4)34-21)30-25-12-9-18(32-33-25)15-35(2)3/h5-14H,15H2,1-4H3,(H,30,33)(H,31,37). The highest BCUT2D eigenvalue weighted by Gasteiger charge is 2.19. The third-order valence-corrected chi connectivity index (χ3v) is 7.22. The van der Waals surface area contributed by atoms with Gasteiger partial charge in [-0.25, -0.2) is 9.07 Å². The van der Waals surface area contributed by atoms with Crippen LogP contribution in [0.4, 0.5) is 21.6 Å². The molecule has 198 valence electrons. The van der Waals surface area contributed by atoms with E-state index in [1.165, 1.54) is 29.1 Å². The Balaban J connectivity index is 1.45. The van der Waals surface area contributed by atoms with E-state index in [0.717, 1.165) is 15.8 Å². The lowest BCUT2D eigenvalue weighted by Gasteiger charge is -2.15. The number of halogens is 1. The number of aromatic nitrogens is 4. The smallest absolute Gasteiger partial charge is 0.290 e. The molecule has 3 aromatic heterocycles. The molecule has 0 saturated carbocycles. The first-order valence-corrected chi connectivity index (χ1v) is 12.9. The summed E-state index contributed by atoms with van der Waals surface area (Å²) in [6.07, 6.45) is 0. The van der Waals surface area contributed by atoms with Gasteiger partial charge in [0, 0.05) is 23.9 Å². The van der Waals surface area contributed by atoms with E-state index in [1.54, 1.807) is 31.2 Å². The molecule has 2 N–H and O–H groups in total. The summed E-state index contributed by atoms with van der Waals surface area (Å²) >= 11 is 1.34. The van der Waals surface area contributed by atoms with E-state index in [2.05, 4.69) is 25.9 Å². The quantitative estimate of drug-likeness (QED) is 0.299. The Morgan fingerprint density at radius 2 is 1.87 bits per heavy atom. The molecule has 0 unspecified atom stereocenters. The van der Waals surface area contributed by atoms with Gasteiger partial charge < -0.3 is 15.5 Å². The van der Waals surface area contributed by atoms with Gasteiger partial charge in [-0.1, -0.05) is 18.2 Å². The van der Waals surface area contributed by atoms with Crippen LogP contribution in [0.5, 0.6) is 0 Å². The average molecular weight is 544 g/mol. The van der Waals surface area contributed by atoms with Crippen molar-refractivity contribution in [2.45, 2.75) is 13.5 Å². The van der Waals surface area contributed by atoms with Crippen LogP contribution in [-0.2, 0) is 13.6 Å². The number of fused-ring (bicyclic) bond motifs is 1. The van der Waals surface area contributed by atoms with Gasteiger partial charge in [0.15, 0.2) is 5.82 Å². The Morgan fingerprint density at radius 3 is 2.59 bits per heavy atom. The number of nitrogens with zero attached hydrogens (tertiary/aromatic N) is 5. The van der Waals surface area contributed by atoms with E-state index in [4.69, 9.17) is 0 Å². The summed E-state index contributed by atoms with van der Waals surface area (Å²) in [6.45, 7) is 2.34. The highest BCUT2D eigenvalue weighted by Crippen LogP contribution is 2.32. The summed E-state index contributed by atoms with van der Waals surface area (Å²) in [5.74, 6) is -0.566. The molecule has 39 heavy (non-hydrogen) atoms. The Bertz CT molecular complexity index is 1710. The molecule has 11 heteroatoms. The van der Waals surface area contributed by atoms with Gasteiger partial charge in [-0.05, 0) is 74.4 Å². The summed E-state index contributed by atoms with van der Waals surface area (Å²) in [4.78, 5) is 28.3. The third-order valence-electron chi connectivity index (χ3n) is 6.10. The molecular formula is C28H26FN7O2S. The highest BCUT2D eigenvalue weighted by molar-refractivity contribution is 7.20. The monoisotopic (exact) mass is 543 g/mol. The zero-order chi connectivity index (χ0) is 27.7. The summed E-state index contributed by atoms with van der Waals surface area (Å²) in [7, 11) is 5.41. The Labute approximate surface area is 227 Å². The van der Waals surface area contributed by atoms with Crippen molar-refractivity contribution in [3.05, 3.63) is 93.0 Å². The third kappa shape index (κ3) is 5.54. The second-order valence-electron chi connectivity index (χ2n) is 9.34. The number of aryl methyl sites for hydroxylation is 1. The minimum Gasteiger partial charge on any atom is -0.334 e. The molecule has 0 spiro atoms. The SMILES string of the molecule is Cc1c(-c2cc(Nc3ccc(CN(C)C)nn3)c(=O)n(C)n2)ccc(F)c1NC(=O)c1cc2ccccc2s1. The van der Waals surface area contributed by atoms with E-state index < -0.39 is 11.7 Å². The minimum atomic E-state index is -0.568. The average Bonchev–Trinajstić information content (AvgIpc) is 3.34. The second kappa shape index (κ2) is 10.7. The lowest BCUT2D eigenvalue weighted by atomic mass is 10.0. The van der Waals surface area contributed by atoms with Crippen LogP contribution in [-0.4, -0.2) is 44.9 Å². The number of carbonyl (C=O) groups is 1. The zero-order valence-corrected chi connectivity index (χ0v) is 22.6. The van der Waals surface area contributed by atoms with Crippen molar-refractivity contribution in [1.29, 1.82) is 0 Å². The van der Waals surface area contributed by atoms with Gasteiger partial charge in [0.2, 0.25) is 0 Å². The highest BCUT2D eigenvalue weighted by atomic mass is 32.1. The first-order chi connectivity index (χ1) is 18.7. The van der Waals surface area contributed by atoms with Crippen molar-refractivity contribution >= 4 is 44.5 Å². The van der Waals surface area contributed by atoms with Crippen LogP contribution in [0.3, 0.4) is 0 Å². The first kappa shape index (κ1) is 26.1. The van der Waals surface area contributed by atoms with Gasteiger partial charge in [0.25, 0.3) is 11.5 Å². The molecule has 0 atom stereocenters. The van der Waals surface area contributed by atoms with Crippen LogP contribution in [0, 0.1) is 12.7 Å². The maximum Gasteiger partial charge on any atom is 0.290 e. The molecule has 0 aliphatic rings. The molecule has 3 heterocycles. The lowest BCUT2D eigenvalue weighted by molar-refractivity contribution is 0.103. The van der Waals surface area contributed by atoms with E-state index >= 15 is 0 Å². The maximum absolute atomic E-state index is 14.9. The molecule has 0 fully saturated rings. The van der Waals surface area contributed by atoms with Gasteiger partial charge in [0.05, 0.1) is 22.0 Å². The van der Waals surface area contributed by atoms with E-state index in [0.29, 0.717) is 34.1 Å². The molecule has 0 aliphatic heterocycles. The van der Waals surface area contributed by atoms with Gasteiger partial charge in [0.1, 0.15) is 11.5 Å². The molecule has 2 aromatic carbocycles. The normalized spacial score (nSPS) is 11.2. The number of thiophene rings is 1. The van der Waals surface area contributed by atoms with Crippen molar-refractivity contribution in [1.82, 2.24) is 24.9 Å². The van der Waals surface area contributed by atoms with Gasteiger partial charge in [-0.3, -0.25) is 9.59 Å². The Hall–Kier alpha value is -4.48.